The van der Waals surface area contributed by atoms with Crippen molar-refractivity contribution in [2.45, 2.75) is 52.1 Å². The van der Waals surface area contributed by atoms with Gasteiger partial charge in [0, 0.05) is 17.1 Å². The van der Waals surface area contributed by atoms with Gasteiger partial charge in [-0.2, -0.15) is 13.2 Å². The molecule has 1 unspecified atom stereocenters. The Morgan fingerprint density at radius 1 is 0.841 bits per heavy atom. The molecule has 2 nitrogen and oxygen atoms in total. The maximum absolute atomic E-state index is 15.0. The number of benzene rings is 4. The molecule has 0 bridgehead atoms. The molecular weight excluding hydrogens is 564 g/mol. The zero-order valence-electron chi connectivity index (χ0n) is 24.8. The number of hydrogen-bond donors (Lipinski definition) is 0. The van der Waals surface area contributed by atoms with E-state index in [1.54, 1.807) is 12.1 Å². The summed E-state index contributed by atoms with van der Waals surface area (Å²) in [4.78, 5) is 25.8. The second kappa shape index (κ2) is 12.6. The Kier molecular flexibility index (Phi) is 8.82. The van der Waals surface area contributed by atoms with E-state index in [0.717, 1.165) is 51.6 Å². The van der Waals surface area contributed by atoms with Crippen LogP contribution in [0.15, 0.2) is 103 Å². The predicted molar refractivity (Wildman–Crippen MR) is 165 cm³/mol. The van der Waals surface area contributed by atoms with Gasteiger partial charge in [0.05, 0.1) is 11.1 Å². The van der Waals surface area contributed by atoms with Crippen LogP contribution >= 0.6 is 0 Å². The third kappa shape index (κ3) is 6.35. The van der Waals surface area contributed by atoms with Gasteiger partial charge in [-0.25, -0.2) is 4.39 Å². The van der Waals surface area contributed by atoms with E-state index in [9.17, 15) is 22.8 Å². The van der Waals surface area contributed by atoms with Crippen molar-refractivity contribution in [2.75, 3.05) is 0 Å². The first-order chi connectivity index (χ1) is 21.0. The van der Waals surface area contributed by atoms with Crippen LogP contribution in [0.1, 0.15) is 79.4 Å². The van der Waals surface area contributed by atoms with Gasteiger partial charge in [-0.15, -0.1) is 0 Å². The molecule has 224 valence electrons. The molecule has 5 rings (SSSR count). The molecule has 44 heavy (non-hydrogen) atoms. The number of alkyl halides is 3. The third-order valence-corrected chi connectivity index (χ3v) is 8.17. The summed E-state index contributed by atoms with van der Waals surface area (Å²) in [6.45, 7) is 5.48. The Hall–Kier alpha value is -4.58. The van der Waals surface area contributed by atoms with Gasteiger partial charge in [-0.05, 0) is 84.7 Å². The van der Waals surface area contributed by atoms with Crippen LogP contribution in [-0.2, 0) is 25.4 Å². The Morgan fingerprint density at radius 2 is 1.55 bits per heavy atom. The van der Waals surface area contributed by atoms with E-state index in [1.807, 2.05) is 80.6 Å². The molecule has 0 radical (unpaired) electrons. The lowest BCUT2D eigenvalue weighted by Gasteiger charge is -2.18. The van der Waals surface area contributed by atoms with Crippen molar-refractivity contribution in [1.82, 2.24) is 0 Å². The van der Waals surface area contributed by atoms with Crippen LogP contribution in [0, 0.1) is 12.7 Å². The van der Waals surface area contributed by atoms with E-state index >= 15 is 4.39 Å². The maximum Gasteiger partial charge on any atom is 0.417 e. The van der Waals surface area contributed by atoms with Gasteiger partial charge in [0.2, 0.25) is 0 Å². The summed E-state index contributed by atoms with van der Waals surface area (Å²) in [7, 11) is 0. The van der Waals surface area contributed by atoms with Crippen molar-refractivity contribution < 1.29 is 27.2 Å². The van der Waals surface area contributed by atoms with Gasteiger partial charge in [0.25, 0.3) is 0 Å². The minimum atomic E-state index is -4.90. The van der Waals surface area contributed by atoms with Gasteiger partial charge in [0.15, 0.2) is 11.6 Å². The molecule has 0 amide bonds. The number of ketones is 2. The zero-order chi connectivity index (χ0) is 31.6. The summed E-state index contributed by atoms with van der Waals surface area (Å²) in [5, 5.41) is 0. The number of allylic oxidation sites excluding steroid dienone is 4. The summed E-state index contributed by atoms with van der Waals surface area (Å²) in [5.74, 6) is -2.59. The fraction of sp³-hybridized carbons (Fsp3) is 0.211. The van der Waals surface area contributed by atoms with E-state index in [0.29, 0.717) is 30.4 Å². The highest BCUT2D eigenvalue weighted by molar-refractivity contribution is 6.20. The molecule has 6 heteroatoms. The molecule has 1 aliphatic rings. The number of rotatable bonds is 9. The monoisotopic (exact) mass is 596 g/mol. The van der Waals surface area contributed by atoms with Crippen molar-refractivity contribution in [2.24, 2.45) is 0 Å². The van der Waals surface area contributed by atoms with Gasteiger partial charge in [-0.1, -0.05) is 91.4 Å². The number of carbonyl (C=O) groups is 2. The van der Waals surface area contributed by atoms with Crippen LogP contribution in [0.4, 0.5) is 17.6 Å². The largest absolute Gasteiger partial charge is 0.417 e. The molecule has 1 atom stereocenters. The Labute approximate surface area is 254 Å². The summed E-state index contributed by atoms with van der Waals surface area (Å²) in [5.41, 5.74) is 4.60. The number of aryl methyl sites for hydroxylation is 3. The molecule has 0 fully saturated rings. The summed E-state index contributed by atoms with van der Waals surface area (Å²) < 4.78 is 56.9. The summed E-state index contributed by atoms with van der Waals surface area (Å²) in [6.07, 6.45) is 0.579. The molecule has 0 spiro atoms. The minimum Gasteiger partial charge on any atom is -0.295 e. The SMILES string of the molecule is CCc1c(CCc2cccc(C(C)=O)c2)cccc1C1=CC(c2ccc(C)cc2)C=C1C(=O)c1c(F)cccc1C(F)(F)F. The van der Waals surface area contributed by atoms with Crippen LogP contribution in [0.5, 0.6) is 0 Å². The Balaban J connectivity index is 1.59. The van der Waals surface area contributed by atoms with Crippen LogP contribution < -0.4 is 0 Å². The van der Waals surface area contributed by atoms with E-state index in [4.69, 9.17) is 0 Å². The van der Waals surface area contributed by atoms with E-state index in [-0.39, 0.29) is 17.3 Å². The lowest BCUT2D eigenvalue weighted by Crippen LogP contribution is -2.17. The van der Waals surface area contributed by atoms with Gasteiger partial charge >= 0.3 is 6.18 Å². The summed E-state index contributed by atoms with van der Waals surface area (Å²) >= 11 is 0. The van der Waals surface area contributed by atoms with E-state index in [1.165, 1.54) is 6.92 Å². The quantitative estimate of drug-likeness (QED) is 0.142. The van der Waals surface area contributed by atoms with Crippen molar-refractivity contribution in [3.63, 3.8) is 0 Å². The zero-order valence-corrected chi connectivity index (χ0v) is 24.8. The number of Topliss-reactive ketones (excluding diaryl/α,β-unsaturated/α-hetero) is 2. The molecule has 1 aliphatic carbocycles. The highest BCUT2D eigenvalue weighted by Crippen LogP contribution is 2.43. The molecule has 0 heterocycles. The third-order valence-electron chi connectivity index (χ3n) is 8.17. The molecule has 4 aromatic rings. The van der Waals surface area contributed by atoms with Crippen molar-refractivity contribution in [3.05, 3.63) is 159 Å². The average molecular weight is 597 g/mol. The second-order valence-electron chi connectivity index (χ2n) is 11.1. The van der Waals surface area contributed by atoms with Crippen LogP contribution in [0.2, 0.25) is 0 Å². The minimum absolute atomic E-state index is 0.00749. The smallest absolute Gasteiger partial charge is 0.295 e. The van der Waals surface area contributed by atoms with Crippen LogP contribution in [0.25, 0.3) is 5.57 Å². The molecule has 0 saturated carbocycles. The first-order valence-corrected chi connectivity index (χ1v) is 14.6. The molecule has 0 N–H and O–H groups in total. The number of carbonyl (C=O) groups excluding carboxylic acids is 2. The standard InChI is InChI=1S/C38H32F4O2/c1-4-30-27(19-16-25-8-5-10-28(20-25)24(3)43)9-6-11-31(30)32-21-29(26-17-14-23(2)15-18-26)22-33(32)37(44)36-34(38(40,41)42)12-7-13-35(36)39/h5-15,17-18,20-22,29H,4,16,19H2,1-3H3. The van der Waals surface area contributed by atoms with Crippen molar-refractivity contribution in [3.8, 4) is 0 Å². The van der Waals surface area contributed by atoms with Gasteiger partial charge < -0.3 is 0 Å². The fourth-order valence-corrected chi connectivity index (χ4v) is 5.89. The number of hydrogen-bond acceptors (Lipinski definition) is 2. The van der Waals surface area contributed by atoms with Crippen LogP contribution in [0.3, 0.4) is 0 Å². The predicted octanol–water partition coefficient (Wildman–Crippen LogP) is 9.69. The molecule has 4 aromatic carbocycles. The summed E-state index contributed by atoms with van der Waals surface area (Å²) in [6, 6.07) is 23.6. The molecule has 0 saturated heterocycles. The topological polar surface area (TPSA) is 34.1 Å². The molecule has 0 aliphatic heterocycles. The van der Waals surface area contributed by atoms with E-state index < -0.39 is 28.9 Å². The molecular formula is C38H32F4O2. The number of halogens is 4. The second-order valence-corrected chi connectivity index (χ2v) is 11.1. The Bertz CT molecular complexity index is 1790. The van der Waals surface area contributed by atoms with Crippen LogP contribution in [-0.4, -0.2) is 11.6 Å². The van der Waals surface area contributed by atoms with E-state index in [2.05, 4.69) is 0 Å². The first-order valence-electron chi connectivity index (χ1n) is 14.6. The van der Waals surface area contributed by atoms with Crippen molar-refractivity contribution >= 4 is 17.1 Å². The Morgan fingerprint density at radius 3 is 2.23 bits per heavy atom. The van der Waals surface area contributed by atoms with Crippen molar-refractivity contribution in [1.29, 1.82) is 0 Å². The first kappa shape index (κ1) is 30.9. The molecule has 0 aromatic heterocycles. The highest BCUT2D eigenvalue weighted by Gasteiger charge is 2.39. The lowest BCUT2D eigenvalue weighted by molar-refractivity contribution is -0.138. The fourth-order valence-electron chi connectivity index (χ4n) is 5.89. The normalized spacial score (nSPS) is 14.8. The lowest BCUT2D eigenvalue weighted by atomic mass is 9.86. The highest BCUT2D eigenvalue weighted by atomic mass is 19.4. The maximum atomic E-state index is 15.0. The van der Waals surface area contributed by atoms with Gasteiger partial charge in [-0.3, -0.25) is 9.59 Å². The van der Waals surface area contributed by atoms with Gasteiger partial charge in [0.1, 0.15) is 5.82 Å². The average Bonchev–Trinajstić information content (AvgIpc) is 3.44.